The molecule has 1 aliphatic rings. The Bertz CT molecular complexity index is 726. The third kappa shape index (κ3) is 4.39. The minimum Gasteiger partial charge on any atom is -0.372 e. The van der Waals surface area contributed by atoms with E-state index in [1.807, 2.05) is 32.0 Å². The first-order chi connectivity index (χ1) is 12.6. The number of nitrogens with one attached hydrogen (secondary N) is 1. The number of nitrogens with zero attached hydrogens (tertiary/aromatic N) is 4. The van der Waals surface area contributed by atoms with Crippen LogP contribution in [0.4, 0.5) is 5.82 Å². The largest absolute Gasteiger partial charge is 0.372 e. The van der Waals surface area contributed by atoms with Crippen molar-refractivity contribution in [3.8, 4) is 0 Å². The van der Waals surface area contributed by atoms with Gasteiger partial charge in [0.05, 0.1) is 23.8 Å². The van der Waals surface area contributed by atoms with Gasteiger partial charge in [-0.25, -0.2) is 4.98 Å². The van der Waals surface area contributed by atoms with Crippen molar-refractivity contribution in [2.75, 3.05) is 25.5 Å². The first-order valence-electron chi connectivity index (χ1n) is 9.31. The molecule has 0 radical (unpaired) electrons. The van der Waals surface area contributed by atoms with Crippen LogP contribution in [0.1, 0.15) is 61.0 Å². The minimum atomic E-state index is -0.0526. The molecule has 3 heterocycles. The van der Waals surface area contributed by atoms with Crippen LogP contribution in [0.5, 0.6) is 0 Å². The normalized spacial score (nSPS) is 18.0. The smallest absolute Gasteiger partial charge is 0.292 e. The van der Waals surface area contributed by atoms with E-state index in [2.05, 4.69) is 20.4 Å². The van der Waals surface area contributed by atoms with Crippen molar-refractivity contribution in [3.63, 3.8) is 0 Å². The second kappa shape index (κ2) is 8.29. The van der Waals surface area contributed by atoms with Crippen LogP contribution in [-0.2, 0) is 6.42 Å². The summed E-state index contributed by atoms with van der Waals surface area (Å²) in [6, 6.07) is 1.77. The lowest BCUT2D eigenvalue weighted by Gasteiger charge is -2.19. The van der Waals surface area contributed by atoms with Crippen molar-refractivity contribution >= 4 is 11.7 Å². The molecule has 140 valence electrons. The summed E-state index contributed by atoms with van der Waals surface area (Å²) in [4.78, 5) is 23.4. The number of rotatable bonds is 5. The number of carbonyl (C=O) groups excluding carboxylic acids is 1. The molecule has 0 bridgehead atoms. The first-order valence-corrected chi connectivity index (χ1v) is 9.31. The number of aromatic nitrogens is 3. The number of amides is 1. The maximum absolute atomic E-state index is 12.7. The summed E-state index contributed by atoms with van der Waals surface area (Å²) in [5.74, 6) is 1.84. The van der Waals surface area contributed by atoms with E-state index >= 15 is 0 Å². The highest BCUT2D eigenvalue weighted by molar-refractivity contribution is 5.91. The van der Waals surface area contributed by atoms with Gasteiger partial charge in [0, 0.05) is 26.2 Å². The highest BCUT2D eigenvalue weighted by Crippen LogP contribution is 2.23. The zero-order valence-electron chi connectivity index (χ0n) is 15.7. The van der Waals surface area contributed by atoms with Gasteiger partial charge in [0.2, 0.25) is 5.76 Å². The Hall–Kier alpha value is -2.44. The molecule has 26 heavy (non-hydrogen) atoms. The van der Waals surface area contributed by atoms with Crippen LogP contribution in [0.25, 0.3) is 0 Å². The second-order valence-corrected chi connectivity index (χ2v) is 7.21. The molecule has 1 N–H and O–H groups in total. The molecule has 0 aromatic carbocycles. The van der Waals surface area contributed by atoms with Gasteiger partial charge in [-0.05, 0) is 37.5 Å². The highest BCUT2D eigenvalue weighted by atomic mass is 16.5. The maximum atomic E-state index is 12.7. The van der Waals surface area contributed by atoms with E-state index in [1.165, 1.54) is 0 Å². The Morgan fingerprint density at radius 2 is 2.15 bits per heavy atom. The van der Waals surface area contributed by atoms with E-state index < -0.39 is 0 Å². The van der Waals surface area contributed by atoms with Gasteiger partial charge in [0.25, 0.3) is 5.91 Å². The molecule has 1 amide bonds. The molecule has 0 spiro atoms. The van der Waals surface area contributed by atoms with E-state index in [9.17, 15) is 4.79 Å². The molecule has 2 aromatic rings. The fraction of sp³-hybridized carbons (Fsp3) is 0.579. The van der Waals surface area contributed by atoms with E-state index in [4.69, 9.17) is 4.52 Å². The lowest BCUT2D eigenvalue weighted by molar-refractivity contribution is 0.0718. The Balaban J connectivity index is 1.57. The summed E-state index contributed by atoms with van der Waals surface area (Å²) in [6.45, 7) is 5.57. The first kappa shape index (κ1) is 18.4. The average molecular weight is 357 g/mol. The zero-order chi connectivity index (χ0) is 18.5. The zero-order valence-corrected chi connectivity index (χ0v) is 15.7. The van der Waals surface area contributed by atoms with E-state index in [-0.39, 0.29) is 11.8 Å². The van der Waals surface area contributed by atoms with E-state index in [1.54, 1.807) is 12.3 Å². The summed E-state index contributed by atoms with van der Waals surface area (Å²) in [5.41, 5.74) is 1.83. The molecular formula is C19H27N5O2. The molecule has 1 aliphatic heterocycles. The fourth-order valence-corrected chi connectivity index (χ4v) is 3.28. The number of hydrogen-bond acceptors (Lipinski definition) is 6. The number of anilines is 1. The maximum Gasteiger partial charge on any atom is 0.292 e. The van der Waals surface area contributed by atoms with Gasteiger partial charge in [-0.2, -0.15) is 0 Å². The van der Waals surface area contributed by atoms with Crippen molar-refractivity contribution < 1.29 is 9.32 Å². The number of carbonyl (C=O) groups is 1. The van der Waals surface area contributed by atoms with Crippen LogP contribution >= 0.6 is 0 Å². The number of hydrogen-bond donors (Lipinski definition) is 1. The summed E-state index contributed by atoms with van der Waals surface area (Å²) < 4.78 is 5.26. The minimum absolute atomic E-state index is 0.0526. The van der Waals surface area contributed by atoms with Gasteiger partial charge in [-0.3, -0.25) is 9.78 Å². The molecule has 7 nitrogen and oxygen atoms in total. The van der Waals surface area contributed by atoms with Crippen LogP contribution in [0.3, 0.4) is 0 Å². The Labute approximate surface area is 154 Å². The van der Waals surface area contributed by atoms with Gasteiger partial charge >= 0.3 is 0 Å². The van der Waals surface area contributed by atoms with Crippen LogP contribution in [-0.4, -0.2) is 46.1 Å². The Morgan fingerprint density at radius 1 is 1.31 bits per heavy atom. The average Bonchev–Trinajstić information content (AvgIpc) is 3.04. The predicted octanol–water partition coefficient (Wildman–Crippen LogP) is 3.11. The predicted molar refractivity (Wildman–Crippen MR) is 99.1 cm³/mol. The van der Waals surface area contributed by atoms with Gasteiger partial charge in [-0.1, -0.05) is 19.0 Å². The van der Waals surface area contributed by atoms with Crippen molar-refractivity contribution in [2.45, 2.75) is 45.4 Å². The van der Waals surface area contributed by atoms with E-state index in [0.717, 1.165) is 56.0 Å². The van der Waals surface area contributed by atoms with E-state index in [0.29, 0.717) is 11.7 Å². The molecule has 1 saturated heterocycles. The SMILES string of the molecule is CNc1cnc(C[C@@H]2CCCN(C(=O)c3cc(C(C)C)no3)CC2)cn1. The molecule has 1 fully saturated rings. The molecule has 3 rings (SSSR count). The van der Waals surface area contributed by atoms with Gasteiger partial charge in [0.15, 0.2) is 0 Å². The molecule has 7 heteroatoms. The lowest BCUT2D eigenvalue weighted by Crippen LogP contribution is -2.31. The standard InChI is InChI=1S/C19H27N5O2/c1-13(2)16-10-17(26-23-16)19(25)24-7-4-5-14(6-8-24)9-15-11-22-18(20-3)12-21-15/h10-14H,4-9H2,1-3H3,(H,20,22)/t14-/m1/s1. The van der Waals surface area contributed by atoms with Crippen LogP contribution in [0, 0.1) is 5.92 Å². The van der Waals surface area contributed by atoms with Crippen LogP contribution < -0.4 is 5.32 Å². The fourth-order valence-electron chi connectivity index (χ4n) is 3.28. The third-order valence-corrected chi connectivity index (χ3v) is 4.92. The van der Waals surface area contributed by atoms with Crippen molar-refractivity contribution in [2.24, 2.45) is 5.92 Å². The van der Waals surface area contributed by atoms with Crippen LogP contribution in [0.2, 0.25) is 0 Å². The molecule has 0 saturated carbocycles. The summed E-state index contributed by atoms with van der Waals surface area (Å²) >= 11 is 0. The van der Waals surface area contributed by atoms with Crippen LogP contribution in [0.15, 0.2) is 23.0 Å². The third-order valence-electron chi connectivity index (χ3n) is 4.92. The quantitative estimate of drug-likeness (QED) is 0.885. The monoisotopic (exact) mass is 357 g/mol. The van der Waals surface area contributed by atoms with Gasteiger partial charge in [-0.15, -0.1) is 0 Å². The summed E-state index contributed by atoms with van der Waals surface area (Å²) in [7, 11) is 1.83. The van der Waals surface area contributed by atoms with Crippen molar-refractivity contribution in [1.82, 2.24) is 20.0 Å². The van der Waals surface area contributed by atoms with Crippen molar-refractivity contribution in [1.29, 1.82) is 0 Å². The molecular weight excluding hydrogens is 330 g/mol. The molecule has 0 unspecified atom stereocenters. The summed E-state index contributed by atoms with van der Waals surface area (Å²) in [5, 5.41) is 6.98. The molecule has 0 aliphatic carbocycles. The molecule has 2 aromatic heterocycles. The second-order valence-electron chi connectivity index (χ2n) is 7.21. The van der Waals surface area contributed by atoms with Gasteiger partial charge in [0.1, 0.15) is 5.82 Å². The Kier molecular flexibility index (Phi) is 5.85. The van der Waals surface area contributed by atoms with Crippen molar-refractivity contribution in [3.05, 3.63) is 35.6 Å². The highest BCUT2D eigenvalue weighted by Gasteiger charge is 2.25. The molecule has 1 atom stereocenters. The number of likely N-dealkylation sites (tertiary alicyclic amines) is 1. The summed E-state index contributed by atoms with van der Waals surface area (Å²) in [6.07, 6.45) is 7.54. The Morgan fingerprint density at radius 3 is 2.81 bits per heavy atom. The topological polar surface area (TPSA) is 84.2 Å². The lowest BCUT2D eigenvalue weighted by atomic mass is 9.95. The van der Waals surface area contributed by atoms with Gasteiger partial charge < -0.3 is 14.7 Å².